The Kier molecular flexibility index (Phi) is 1.66. The van der Waals surface area contributed by atoms with Crippen LogP contribution >= 0.6 is 0 Å². The van der Waals surface area contributed by atoms with Crippen molar-refractivity contribution in [3.8, 4) is 0 Å². The maximum Gasteiger partial charge on any atom is 0.421 e. The topological polar surface area (TPSA) is 20.3 Å². The van der Waals surface area contributed by atoms with Crippen molar-refractivity contribution < 1.29 is 18.0 Å². The highest BCUT2D eigenvalue weighted by molar-refractivity contribution is 6.00. The predicted molar refractivity (Wildman–Crippen MR) is 31.8 cm³/mol. The first-order valence-corrected chi connectivity index (χ1v) is 2.93. The number of hydrogen-bond acceptors (Lipinski definition) is 2. The minimum absolute atomic E-state index is 0.172. The van der Waals surface area contributed by atoms with E-state index < -0.39 is 17.5 Å². The van der Waals surface area contributed by atoms with E-state index in [4.69, 9.17) is 0 Å². The highest BCUT2D eigenvalue weighted by Crippen LogP contribution is 2.29. The third-order valence-corrected chi connectivity index (χ3v) is 1.35. The van der Waals surface area contributed by atoms with Gasteiger partial charge in [-0.25, -0.2) is 0 Å². The summed E-state index contributed by atoms with van der Waals surface area (Å²) in [6, 6.07) is 0. The van der Waals surface area contributed by atoms with E-state index in [1.165, 1.54) is 11.9 Å². The Labute approximate surface area is 61.3 Å². The van der Waals surface area contributed by atoms with Crippen molar-refractivity contribution in [2.24, 2.45) is 0 Å². The van der Waals surface area contributed by atoms with Crippen LogP contribution in [0, 0.1) is 0 Å². The van der Waals surface area contributed by atoms with Gasteiger partial charge in [-0.05, 0) is 0 Å². The van der Waals surface area contributed by atoms with Gasteiger partial charge < -0.3 is 4.90 Å². The molecule has 0 aromatic heterocycles. The van der Waals surface area contributed by atoms with Crippen molar-refractivity contribution in [3.63, 3.8) is 0 Å². The number of rotatable bonds is 0. The molecule has 0 atom stereocenters. The number of hydrogen-bond donors (Lipinski definition) is 0. The second kappa shape index (κ2) is 2.25. The summed E-state index contributed by atoms with van der Waals surface area (Å²) < 4.78 is 35.6. The zero-order chi connectivity index (χ0) is 8.65. The number of halogens is 3. The van der Waals surface area contributed by atoms with Crippen LogP contribution in [-0.4, -0.2) is 30.5 Å². The van der Waals surface area contributed by atoms with Crippen LogP contribution < -0.4 is 0 Å². The molecule has 0 radical (unpaired) electrons. The molecule has 1 aliphatic rings. The SMILES string of the molecule is CN1C=C(C(F)(F)F)C(=O)C1. The Balaban J connectivity index is 2.88. The number of alkyl halides is 3. The summed E-state index contributed by atoms with van der Waals surface area (Å²) in [5.74, 6) is -0.861. The molecule has 0 spiro atoms. The molecule has 62 valence electrons. The fraction of sp³-hybridized carbons (Fsp3) is 0.500. The molecule has 0 bridgehead atoms. The van der Waals surface area contributed by atoms with Crippen LogP contribution in [0.5, 0.6) is 0 Å². The van der Waals surface area contributed by atoms with E-state index in [0.717, 1.165) is 6.20 Å². The van der Waals surface area contributed by atoms with Gasteiger partial charge in [-0.15, -0.1) is 0 Å². The molecule has 0 aromatic rings. The number of Topliss-reactive ketones (excluding diaryl/α,β-unsaturated/α-hetero) is 1. The van der Waals surface area contributed by atoms with Gasteiger partial charge >= 0.3 is 6.18 Å². The molecule has 5 heteroatoms. The zero-order valence-electron chi connectivity index (χ0n) is 5.77. The number of ketones is 1. The molecule has 0 N–H and O–H groups in total. The average Bonchev–Trinajstić information content (AvgIpc) is 2.08. The van der Waals surface area contributed by atoms with Crippen LogP contribution in [0.15, 0.2) is 11.8 Å². The van der Waals surface area contributed by atoms with E-state index in [1.54, 1.807) is 0 Å². The predicted octanol–water partition coefficient (Wildman–Crippen LogP) is 0.947. The van der Waals surface area contributed by atoms with Crippen molar-refractivity contribution in [3.05, 3.63) is 11.8 Å². The zero-order valence-corrected chi connectivity index (χ0v) is 5.77. The Hall–Kier alpha value is -1.00. The maximum absolute atomic E-state index is 11.9. The molecule has 0 aliphatic carbocycles. The Morgan fingerprint density at radius 2 is 2.09 bits per heavy atom. The Morgan fingerprint density at radius 1 is 1.55 bits per heavy atom. The highest BCUT2D eigenvalue weighted by Gasteiger charge is 2.41. The molecule has 0 aromatic carbocycles. The molecule has 0 fully saturated rings. The molecule has 11 heavy (non-hydrogen) atoms. The van der Waals surface area contributed by atoms with Crippen LogP contribution in [0.2, 0.25) is 0 Å². The average molecular weight is 165 g/mol. The Bertz CT molecular complexity index is 218. The first-order chi connectivity index (χ1) is 4.91. The summed E-state index contributed by atoms with van der Waals surface area (Å²) in [6.07, 6.45) is -3.68. The number of carbonyl (C=O) groups is 1. The molecule has 0 saturated heterocycles. The summed E-state index contributed by atoms with van der Waals surface area (Å²) in [5.41, 5.74) is -1.06. The summed E-state index contributed by atoms with van der Waals surface area (Å²) in [6.45, 7) is -0.172. The normalized spacial score (nSPS) is 19.1. The standard InChI is InChI=1S/C6H6F3NO/c1-10-2-4(5(11)3-10)6(7,8)9/h2H,3H2,1H3. The molecule has 1 aliphatic heterocycles. The van der Waals surface area contributed by atoms with Crippen molar-refractivity contribution in [2.45, 2.75) is 6.18 Å². The van der Waals surface area contributed by atoms with Crippen molar-refractivity contribution in [1.82, 2.24) is 4.90 Å². The fourth-order valence-corrected chi connectivity index (χ4v) is 0.881. The summed E-state index contributed by atoms with van der Waals surface area (Å²) in [5, 5.41) is 0. The first kappa shape index (κ1) is 8.10. The minimum Gasteiger partial charge on any atom is -0.372 e. The van der Waals surface area contributed by atoms with Crippen LogP contribution in [0.25, 0.3) is 0 Å². The number of likely N-dealkylation sites (N-methyl/N-ethyl adjacent to an activating group) is 1. The van der Waals surface area contributed by atoms with Gasteiger partial charge in [-0.2, -0.15) is 13.2 Å². The van der Waals surface area contributed by atoms with E-state index in [0.29, 0.717) is 0 Å². The fourth-order valence-electron chi connectivity index (χ4n) is 0.881. The molecular formula is C6H6F3NO. The highest BCUT2D eigenvalue weighted by atomic mass is 19.4. The molecule has 0 saturated carbocycles. The lowest BCUT2D eigenvalue weighted by molar-refractivity contribution is -0.127. The van der Waals surface area contributed by atoms with Gasteiger partial charge in [0, 0.05) is 13.2 Å². The lowest BCUT2D eigenvalue weighted by atomic mass is 10.2. The summed E-state index contributed by atoms with van der Waals surface area (Å²) in [7, 11) is 1.43. The third kappa shape index (κ3) is 1.53. The molecular weight excluding hydrogens is 159 g/mol. The Morgan fingerprint density at radius 3 is 2.27 bits per heavy atom. The van der Waals surface area contributed by atoms with Gasteiger partial charge in [0.2, 0.25) is 0 Å². The molecule has 1 heterocycles. The second-order valence-corrected chi connectivity index (χ2v) is 2.38. The van der Waals surface area contributed by atoms with E-state index in [2.05, 4.69) is 0 Å². The quantitative estimate of drug-likeness (QED) is 0.532. The van der Waals surface area contributed by atoms with Gasteiger partial charge in [0.25, 0.3) is 0 Å². The maximum atomic E-state index is 11.9. The number of nitrogens with zero attached hydrogens (tertiary/aromatic N) is 1. The summed E-state index contributed by atoms with van der Waals surface area (Å²) >= 11 is 0. The van der Waals surface area contributed by atoms with E-state index in [9.17, 15) is 18.0 Å². The van der Waals surface area contributed by atoms with Gasteiger partial charge in [0.1, 0.15) is 5.57 Å². The van der Waals surface area contributed by atoms with Crippen LogP contribution in [-0.2, 0) is 4.79 Å². The van der Waals surface area contributed by atoms with Crippen LogP contribution in [0.4, 0.5) is 13.2 Å². The van der Waals surface area contributed by atoms with Crippen LogP contribution in [0.1, 0.15) is 0 Å². The van der Waals surface area contributed by atoms with E-state index >= 15 is 0 Å². The summed E-state index contributed by atoms with van der Waals surface area (Å²) in [4.78, 5) is 11.8. The van der Waals surface area contributed by atoms with Crippen LogP contribution in [0.3, 0.4) is 0 Å². The lowest BCUT2D eigenvalue weighted by Crippen LogP contribution is -2.19. The van der Waals surface area contributed by atoms with E-state index in [1.807, 2.05) is 0 Å². The molecule has 0 amide bonds. The first-order valence-electron chi connectivity index (χ1n) is 2.93. The van der Waals surface area contributed by atoms with Crippen molar-refractivity contribution in [2.75, 3.05) is 13.6 Å². The minimum atomic E-state index is -4.50. The van der Waals surface area contributed by atoms with Crippen molar-refractivity contribution in [1.29, 1.82) is 0 Å². The second-order valence-electron chi connectivity index (χ2n) is 2.38. The monoisotopic (exact) mass is 165 g/mol. The molecule has 2 nitrogen and oxygen atoms in total. The smallest absolute Gasteiger partial charge is 0.372 e. The number of carbonyl (C=O) groups excluding carboxylic acids is 1. The van der Waals surface area contributed by atoms with Gasteiger partial charge in [-0.3, -0.25) is 4.79 Å². The molecule has 0 unspecified atom stereocenters. The van der Waals surface area contributed by atoms with Gasteiger partial charge in [0.05, 0.1) is 6.54 Å². The third-order valence-electron chi connectivity index (χ3n) is 1.35. The van der Waals surface area contributed by atoms with Gasteiger partial charge in [0.15, 0.2) is 5.78 Å². The largest absolute Gasteiger partial charge is 0.421 e. The van der Waals surface area contributed by atoms with Crippen molar-refractivity contribution >= 4 is 5.78 Å². The van der Waals surface area contributed by atoms with E-state index in [-0.39, 0.29) is 6.54 Å². The van der Waals surface area contributed by atoms with Gasteiger partial charge in [-0.1, -0.05) is 0 Å². The molecule has 1 rings (SSSR count). The lowest BCUT2D eigenvalue weighted by Gasteiger charge is -2.02.